The number of rotatable bonds is 4. The van der Waals surface area contributed by atoms with Gasteiger partial charge in [0.1, 0.15) is 5.03 Å². The van der Waals surface area contributed by atoms with Gasteiger partial charge >= 0.3 is 0 Å². The van der Waals surface area contributed by atoms with Gasteiger partial charge in [0, 0.05) is 50.0 Å². The number of para-hydroxylation sites is 1. The SMILES string of the molecule is c1ccc(-c2cc(-c3ccc(-n4c5c(c6ccccc64)-c4cccnc4Sc4ccccc4-5)cc3)cc(-c3ccccc3)n2)cc1. The molecule has 0 bridgehead atoms. The van der Waals surface area contributed by atoms with E-state index in [0.717, 1.165) is 44.4 Å². The average Bonchev–Trinajstić information content (AvgIpc) is 3.40. The highest BCUT2D eigenvalue weighted by molar-refractivity contribution is 7.99. The van der Waals surface area contributed by atoms with Gasteiger partial charge in [-0.3, -0.25) is 0 Å². The maximum absolute atomic E-state index is 5.08. The molecule has 5 aromatic carbocycles. The molecule has 0 amide bonds. The summed E-state index contributed by atoms with van der Waals surface area (Å²) in [5.41, 5.74) is 13.5. The van der Waals surface area contributed by atoms with E-state index in [0.29, 0.717) is 0 Å². The second-order valence-electron chi connectivity index (χ2n) is 11.4. The molecule has 1 aliphatic rings. The highest BCUT2D eigenvalue weighted by Gasteiger charge is 2.28. The molecule has 4 heteroatoms. The van der Waals surface area contributed by atoms with E-state index in [2.05, 4.69) is 144 Å². The minimum Gasteiger partial charge on any atom is -0.309 e. The van der Waals surface area contributed by atoms with E-state index in [-0.39, 0.29) is 0 Å². The molecule has 46 heavy (non-hydrogen) atoms. The Labute approximate surface area is 271 Å². The van der Waals surface area contributed by atoms with Crippen LogP contribution in [-0.4, -0.2) is 14.5 Å². The Balaban J connectivity index is 1.24. The molecule has 0 saturated heterocycles. The molecule has 0 unspecified atom stereocenters. The molecule has 3 aromatic heterocycles. The number of hydrogen-bond donors (Lipinski definition) is 0. The van der Waals surface area contributed by atoms with E-state index in [1.807, 2.05) is 24.4 Å². The molecule has 0 saturated carbocycles. The fraction of sp³-hybridized carbons (Fsp3) is 0. The van der Waals surface area contributed by atoms with Gasteiger partial charge < -0.3 is 4.57 Å². The summed E-state index contributed by atoms with van der Waals surface area (Å²) in [6.45, 7) is 0. The first-order valence-corrected chi connectivity index (χ1v) is 16.2. The normalized spacial score (nSPS) is 11.8. The van der Waals surface area contributed by atoms with Crippen LogP contribution in [-0.2, 0) is 0 Å². The van der Waals surface area contributed by atoms with Gasteiger partial charge in [-0.1, -0.05) is 127 Å². The monoisotopic (exact) mass is 605 g/mol. The van der Waals surface area contributed by atoms with Crippen LogP contribution in [0.5, 0.6) is 0 Å². The highest BCUT2D eigenvalue weighted by Crippen LogP contribution is 2.51. The van der Waals surface area contributed by atoms with Crippen molar-refractivity contribution in [2.45, 2.75) is 9.92 Å². The Hall–Kier alpha value is -5.71. The third kappa shape index (κ3) is 4.46. The van der Waals surface area contributed by atoms with Crippen molar-refractivity contribution in [2.75, 3.05) is 0 Å². The Kier molecular flexibility index (Phi) is 6.39. The van der Waals surface area contributed by atoms with Crippen molar-refractivity contribution in [1.82, 2.24) is 14.5 Å². The predicted molar refractivity (Wildman–Crippen MR) is 190 cm³/mol. The van der Waals surface area contributed by atoms with Crippen molar-refractivity contribution >= 4 is 22.7 Å². The summed E-state index contributed by atoms with van der Waals surface area (Å²) in [7, 11) is 0. The van der Waals surface area contributed by atoms with E-state index in [1.54, 1.807) is 11.8 Å². The van der Waals surface area contributed by atoms with Crippen molar-refractivity contribution in [1.29, 1.82) is 0 Å². The molecule has 1 aliphatic heterocycles. The molecule has 4 heterocycles. The minimum absolute atomic E-state index is 0.962. The summed E-state index contributed by atoms with van der Waals surface area (Å²) in [6, 6.07) is 55.9. The lowest BCUT2D eigenvalue weighted by Crippen LogP contribution is -1.98. The van der Waals surface area contributed by atoms with Gasteiger partial charge in [0.15, 0.2) is 0 Å². The van der Waals surface area contributed by atoms with Crippen LogP contribution in [0.1, 0.15) is 0 Å². The first-order chi connectivity index (χ1) is 22.8. The van der Waals surface area contributed by atoms with E-state index < -0.39 is 0 Å². The first kappa shape index (κ1) is 26.7. The van der Waals surface area contributed by atoms with Crippen LogP contribution in [0.3, 0.4) is 0 Å². The third-order valence-corrected chi connectivity index (χ3v) is 9.78. The quantitative estimate of drug-likeness (QED) is 0.200. The molecular weight excluding hydrogens is 579 g/mol. The van der Waals surface area contributed by atoms with Crippen molar-refractivity contribution in [3.8, 4) is 61.7 Å². The number of pyridine rings is 2. The number of benzene rings is 5. The van der Waals surface area contributed by atoms with Gasteiger partial charge in [-0.2, -0.15) is 0 Å². The largest absolute Gasteiger partial charge is 0.309 e. The number of aromatic nitrogens is 3. The Bertz CT molecular complexity index is 2320. The van der Waals surface area contributed by atoms with E-state index in [4.69, 9.17) is 9.97 Å². The summed E-state index contributed by atoms with van der Waals surface area (Å²) in [4.78, 5) is 11.1. The average molecular weight is 606 g/mol. The molecule has 0 aliphatic carbocycles. The third-order valence-electron chi connectivity index (χ3n) is 8.69. The predicted octanol–water partition coefficient (Wildman–Crippen LogP) is 11.2. The molecule has 0 N–H and O–H groups in total. The van der Waals surface area contributed by atoms with Crippen molar-refractivity contribution in [3.63, 3.8) is 0 Å². The standard InChI is InChI=1S/C42H27N3S/c1-3-12-29(13-4-1)36-26-31(27-37(44-36)30-14-5-2-6-15-30)28-21-23-32(24-22-28)45-38-19-9-7-16-33(38)40-35-18-11-25-43-42(35)46-39-20-10-8-17-34(39)41(40)45/h1-27H. The Morgan fingerprint density at radius 2 is 1.13 bits per heavy atom. The Morgan fingerprint density at radius 3 is 1.87 bits per heavy atom. The summed E-state index contributed by atoms with van der Waals surface area (Å²) in [6.07, 6.45) is 1.89. The molecular formula is C42H27N3S. The topological polar surface area (TPSA) is 30.7 Å². The highest BCUT2D eigenvalue weighted by atomic mass is 32.2. The summed E-state index contributed by atoms with van der Waals surface area (Å²) >= 11 is 1.75. The van der Waals surface area contributed by atoms with Crippen molar-refractivity contribution in [2.24, 2.45) is 0 Å². The zero-order valence-corrected chi connectivity index (χ0v) is 25.7. The molecule has 216 valence electrons. The fourth-order valence-electron chi connectivity index (χ4n) is 6.57. The smallest absolute Gasteiger partial charge is 0.109 e. The fourth-order valence-corrected chi connectivity index (χ4v) is 7.59. The zero-order chi connectivity index (χ0) is 30.5. The van der Waals surface area contributed by atoms with Crippen LogP contribution in [0.2, 0.25) is 0 Å². The molecule has 8 aromatic rings. The number of hydrogen-bond acceptors (Lipinski definition) is 3. The number of nitrogens with zero attached hydrogens (tertiary/aromatic N) is 3. The summed E-state index contributed by atoms with van der Waals surface area (Å²) in [5, 5.41) is 2.26. The van der Waals surface area contributed by atoms with Crippen LogP contribution in [0.15, 0.2) is 174 Å². The molecule has 0 fully saturated rings. The molecule has 9 rings (SSSR count). The van der Waals surface area contributed by atoms with Gasteiger partial charge in [0.05, 0.1) is 22.6 Å². The lowest BCUT2D eigenvalue weighted by Gasteiger charge is -2.15. The van der Waals surface area contributed by atoms with Gasteiger partial charge in [-0.05, 0) is 53.6 Å². The van der Waals surface area contributed by atoms with E-state index >= 15 is 0 Å². The number of fused-ring (bicyclic) bond motifs is 7. The molecule has 3 nitrogen and oxygen atoms in total. The molecule has 0 atom stereocenters. The molecule has 0 radical (unpaired) electrons. The van der Waals surface area contributed by atoms with Crippen LogP contribution in [0.4, 0.5) is 0 Å². The summed E-state index contributed by atoms with van der Waals surface area (Å²) in [5.74, 6) is 0. The van der Waals surface area contributed by atoms with Gasteiger partial charge in [-0.25, -0.2) is 9.97 Å². The molecule has 0 spiro atoms. The second-order valence-corrected chi connectivity index (χ2v) is 12.5. The lowest BCUT2D eigenvalue weighted by atomic mass is 9.99. The lowest BCUT2D eigenvalue weighted by molar-refractivity contribution is 1.13. The van der Waals surface area contributed by atoms with Crippen LogP contribution < -0.4 is 0 Å². The first-order valence-electron chi connectivity index (χ1n) is 15.4. The maximum atomic E-state index is 5.08. The van der Waals surface area contributed by atoms with E-state index in [9.17, 15) is 0 Å². The van der Waals surface area contributed by atoms with Gasteiger partial charge in [0.2, 0.25) is 0 Å². The van der Waals surface area contributed by atoms with Crippen LogP contribution >= 0.6 is 11.8 Å². The minimum atomic E-state index is 0.962. The van der Waals surface area contributed by atoms with Crippen LogP contribution in [0, 0.1) is 0 Å². The van der Waals surface area contributed by atoms with Crippen LogP contribution in [0.25, 0.3) is 72.6 Å². The van der Waals surface area contributed by atoms with Gasteiger partial charge in [0.25, 0.3) is 0 Å². The van der Waals surface area contributed by atoms with E-state index in [1.165, 1.54) is 38.2 Å². The van der Waals surface area contributed by atoms with Gasteiger partial charge in [-0.15, -0.1) is 0 Å². The summed E-state index contributed by atoms with van der Waals surface area (Å²) < 4.78 is 2.42. The van der Waals surface area contributed by atoms with Crippen molar-refractivity contribution < 1.29 is 0 Å². The van der Waals surface area contributed by atoms with Crippen molar-refractivity contribution in [3.05, 3.63) is 164 Å². The Morgan fingerprint density at radius 1 is 0.500 bits per heavy atom. The maximum Gasteiger partial charge on any atom is 0.109 e. The second kappa shape index (κ2) is 11.0. The zero-order valence-electron chi connectivity index (χ0n) is 24.8.